The zero-order valence-corrected chi connectivity index (χ0v) is 16.4. The second-order valence-electron chi connectivity index (χ2n) is 6.50. The molecule has 2 aromatic carbocycles. The van der Waals surface area contributed by atoms with Crippen LogP contribution >= 0.6 is 23.4 Å². The predicted octanol–water partition coefficient (Wildman–Crippen LogP) is 4.44. The summed E-state index contributed by atoms with van der Waals surface area (Å²) < 4.78 is 26.2. The molecule has 0 N–H and O–H groups in total. The lowest BCUT2D eigenvalue weighted by Crippen LogP contribution is -2.36. The first-order valence-electron chi connectivity index (χ1n) is 8.84. The van der Waals surface area contributed by atoms with Gasteiger partial charge in [-0.1, -0.05) is 23.7 Å². The minimum atomic E-state index is -0.889. The summed E-state index contributed by atoms with van der Waals surface area (Å²) in [4.78, 5) is 17.2. The van der Waals surface area contributed by atoms with Gasteiger partial charge in [0.15, 0.2) is 11.6 Å². The molecule has 3 rings (SSSR count). The maximum Gasteiger partial charge on any atom is 0.232 e. The highest BCUT2D eigenvalue weighted by Crippen LogP contribution is 2.21. The Bertz CT molecular complexity index is 788. The smallest absolute Gasteiger partial charge is 0.232 e. The number of carbonyl (C=O) groups excluding carboxylic acids is 1. The molecule has 3 nitrogen and oxygen atoms in total. The first kappa shape index (κ1) is 20.1. The summed E-state index contributed by atoms with van der Waals surface area (Å²) in [7, 11) is 0. The molecule has 1 aliphatic rings. The van der Waals surface area contributed by atoms with Crippen molar-refractivity contribution < 1.29 is 13.6 Å². The highest BCUT2D eigenvalue weighted by atomic mass is 35.5. The molecule has 0 saturated carbocycles. The Labute approximate surface area is 167 Å². The summed E-state index contributed by atoms with van der Waals surface area (Å²) in [5, 5.41) is 0.727. The van der Waals surface area contributed by atoms with Gasteiger partial charge in [0.2, 0.25) is 5.91 Å². The van der Waals surface area contributed by atoms with Crippen molar-refractivity contribution >= 4 is 29.3 Å². The number of benzene rings is 2. The van der Waals surface area contributed by atoms with Crippen LogP contribution in [0.5, 0.6) is 0 Å². The Kier molecular flexibility index (Phi) is 7.10. The zero-order valence-electron chi connectivity index (χ0n) is 14.8. The fourth-order valence-electron chi connectivity index (χ4n) is 3.03. The predicted molar refractivity (Wildman–Crippen MR) is 105 cm³/mol. The highest BCUT2D eigenvalue weighted by molar-refractivity contribution is 8.00. The Morgan fingerprint density at radius 2 is 1.78 bits per heavy atom. The summed E-state index contributed by atoms with van der Waals surface area (Å²) >= 11 is 7.16. The fraction of sp³-hybridized carbons (Fsp3) is 0.350. The van der Waals surface area contributed by atoms with E-state index in [0.29, 0.717) is 18.0 Å². The van der Waals surface area contributed by atoms with Crippen molar-refractivity contribution in [1.82, 2.24) is 9.80 Å². The zero-order chi connectivity index (χ0) is 19.2. The van der Waals surface area contributed by atoms with Crippen molar-refractivity contribution in [3.05, 3.63) is 64.7 Å². The minimum absolute atomic E-state index is 0.0260. The van der Waals surface area contributed by atoms with Crippen LogP contribution in [-0.4, -0.2) is 47.6 Å². The molecule has 7 heteroatoms. The number of amides is 1. The monoisotopic (exact) mass is 410 g/mol. The molecule has 2 aromatic rings. The van der Waals surface area contributed by atoms with Gasteiger partial charge in [0, 0.05) is 42.6 Å². The largest absolute Gasteiger partial charge is 0.341 e. The van der Waals surface area contributed by atoms with Crippen LogP contribution in [0.25, 0.3) is 0 Å². The van der Waals surface area contributed by atoms with Gasteiger partial charge in [0.1, 0.15) is 0 Å². The number of nitrogens with zero attached hydrogens (tertiary/aromatic N) is 2. The SMILES string of the molecule is O=C(CSc1ccc(F)c(F)c1)N1CCCN(Cc2ccc(Cl)cc2)CC1. The molecule has 0 radical (unpaired) electrons. The third kappa shape index (κ3) is 5.92. The summed E-state index contributed by atoms with van der Waals surface area (Å²) in [6.45, 7) is 3.97. The van der Waals surface area contributed by atoms with Crippen LogP contribution in [0.15, 0.2) is 47.4 Å². The molecule has 1 amide bonds. The second-order valence-corrected chi connectivity index (χ2v) is 7.99. The number of hydrogen-bond donors (Lipinski definition) is 0. The van der Waals surface area contributed by atoms with Crippen molar-refractivity contribution in [2.45, 2.75) is 17.9 Å². The van der Waals surface area contributed by atoms with Gasteiger partial charge in [-0.15, -0.1) is 11.8 Å². The lowest BCUT2D eigenvalue weighted by molar-refractivity contribution is -0.128. The van der Waals surface area contributed by atoms with Gasteiger partial charge in [-0.05, 0) is 42.3 Å². The van der Waals surface area contributed by atoms with E-state index < -0.39 is 11.6 Å². The van der Waals surface area contributed by atoms with E-state index in [1.54, 1.807) is 0 Å². The molecule has 0 aromatic heterocycles. The summed E-state index contributed by atoms with van der Waals surface area (Å²) in [5.74, 6) is -1.51. The molecule has 1 aliphatic heterocycles. The van der Waals surface area contributed by atoms with Crippen LogP contribution in [0.4, 0.5) is 8.78 Å². The van der Waals surface area contributed by atoms with E-state index in [9.17, 15) is 13.6 Å². The molecule has 0 atom stereocenters. The average molecular weight is 411 g/mol. The van der Waals surface area contributed by atoms with Crippen LogP contribution < -0.4 is 0 Å². The average Bonchev–Trinajstić information content (AvgIpc) is 2.90. The topological polar surface area (TPSA) is 23.6 Å². The molecule has 0 unspecified atom stereocenters. The van der Waals surface area contributed by atoms with E-state index in [2.05, 4.69) is 4.90 Å². The van der Waals surface area contributed by atoms with E-state index in [0.717, 1.165) is 43.2 Å². The van der Waals surface area contributed by atoms with Crippen molar-refractivity contribution in [3.63, 3.8) is 0 Å². The Balaban J connectivity index is 1.48. The van der Waals surface area contributed by atoms with E-state index >= 15 is 0 Å². The van der Waals surface area contributed by atoms with E-state index in [4.69, 9.17) is 11.6 Å². The van der Waals surface area contributed by atoms with E-state index in [-0.39, 0.29) is 11.7 Å². The molecule has 1 saturated heterocycles. The maximum absolute atomic E-state index is 13.3. The van der Waals surface area contributed by atoms with Gasteiger partial charge in [0.25, 0.3) is 0 Å². The van der Waals surface area contributed by atoms with Crippen LogP contribution in [0.2, 0.25) is 5.02 Å². The maximum atomic E-state index is 13.3. The molecule has 0 aliphatic carbocycles. The third-order valence-corrected chi connectivity index (χ3v) is 5.74. The minimum Gasteiger partial charge on any atom is -0.341 e. The van der Waals surface area contributed by atoms with Crippen LogP contribution in [-0.2, 0) is 11.3 Å². The molecule has 144 valence electrons. The molecule has 0 spiro atoms. The molecular weight excluding hydrogens is 390 g/mol. The Morgan fingerprint density at radius 1 is 1.00 bits per heavy atom. The van der Waals surface area contributed by atoms with E-state index in [1.807, 2.05) is 29.2 Å². The quantitative estimate of drug-likeness (QED) is 0.680. The van der Waals surface area contributed by atoms with Crippen molar-refractivity contribution in [1.29, 1.82) is 0 Å². The lowest BCUT2D eigenvalue weighted by atomic mass is 10.2. The highest BCUT2D eigenvalue weighted by Gasteiger charge is 2.19. The number of hydrogen-bond acceptors (Lipinski definition) is 3. The summed E-state index contributed by atoms with van der Waals surface area (Å²) in [5.41, 5.74) is 1.20. The normalized spacial score (nSPS) is 15.6. The fourth-order valence-corrected chi connectivity index (χ4v) is 3.98. The number of thioether (sulfide) groups is 1. The number of carbonyl (C=O) groups is 1. The van der Waals surface area contributed by atoms with E-state index in [1.165, 1.54) is 23.4 Å². The molecule has 0 bridgehead atoms. The lowest BCUT2D eigenvalue weighted by Gasteiger charge is -2.22. The first-order valence-corrected chi connectivity index (χ1v) is 10.2. The molecule has 1 fully saturated rings. The van der Waals surface area contributed by atoms with Gasteiger partial charge in [-0.25, -0.2) is 8.78 Å². The number of rotatable bonds is 5. The second kappa shape index (κ2) is 9.53. The van der Waals surface area contributed by atoms with Gasteiger partial charge in [0.05, 0.1) is 5.75 Å². The Hall–Kier alpha value is -1.63. The van der Waals surface area contributed by atoms with Gasteiger partial charge in [-0.3, -0.25) is 9.69 Å². The molecule has 1 heterocycles. The third-order valence-electron chi connectivity index (χ3n) is 4.51. The standard InChI is InChI=1S/C20H21ClF2N2OS/c21-16-4-2-15(3-5-16)13-24-8-1-9-25(11-10-24)20(26)14-27-17-6-7-18(22)19(23)12-17/h2-7,12H,1,8-11,13-14H2. The first-order chi connectivity index (χ1) is 13.0. The Morgan fingerprint density at radius 3 is 2.52 bits per heavy atom. The summed E-state index contributed by atoms with van der Waals surface area (Å²) in [6.07, 6.45) is 0.912. The van der Waals surface area contributed by atoms with Crippen LogP contribution in [0.3, 0.4) is 0 Å². The van der Waals surface area contributed by atoms with Gasteiger partial charge < -0.3 is 4.90 Å². The van der Waals surface area contributed by atoms with Gasteiger partial charge >= 0.3 is 0 Å². The van der Waals surface area contributed by atoms with Crippen LogP contribution in [0, 0.1) is 11.6 Å². The molecular formula is C20H21ClF2N2OS. The van der Waals surface area contributed by atoms with Gasteiger partial charge in [-0.2, -0.15) is 0 Å². The van der Waals surface area contributed by atoms with Crippen molar-refractivity contribution in [2.75, 3.05) is 31.9 Å². The van der Waals surface area contributed by atoms with Crippen molar-refractivity contribution in [3.8, 4) is 0 Å². The summed E-state index contributed by atoms with van der Waals surface area (Å²) in [6, 6.07) is 11.5. The molecule has 27 heavy (non-hydrogen) atoms. The van der Waals surface area contributed by atoms with Crippen molar-refractivity contribution in [2.24, 2.45) is 0 Å². The van der Waals surface area contributed by atoms with Crippen LogP contribution in [0.1, 0.15) is 12.0 Å². The number of halogens is 3.